The third-order valence-electron chi connectivity index (χ3n) is 4.71. The van der Waals surface area contributed by atoms with E-state index in [4.69, 9.17) is 4.74 Å². The molecule has 0 radical (unpaired) electrons. The lowest BCUT2D eigenvalue weighted by Gasteiger charge is -2.44. The Morgan fingerprint density at radius 2 is 2.07 bits per heavy atom. The molecular formula is C20H18N2O5S. The summed E-state index contributed by atoms with van der Waals surface area (Å²) < 4.78 is 7.83. The number of aliphatic carboxylic acids is 1. The molecule has 2 aliphatic heterocycles. The molecule has 0 spiro atoms. The lowest BCUT2D eigenvalue weighted by atomic mass is 9.92. The fraction of sp³-hybridized carbons (Fsp3) is 0.250. The van der Waals surface area contributed by atoms with Crippen LogP contribution in [0.3, 0.4) is 0 Å². The van der Waals surface area contributed by atoms with E-state index in [9.17, 15) is 19.8 Å². The van der Waals surface area contributed by atoms with Gasteiger partial charge in [-0.2, -0.15) is 0 Å². The number of benzene rings is 1. The molecule has 0 unspecified atom stereocenters. The van der Waals surface area contributed by atoms with Gasteiger partial charge in [-0.3, -0.25) is 9.69 Å². The molecule has 2 aliphatic rings. The maximum Gasteiger partial charge on any atom is 0.236 e. The number of β-lactam (4-membered cyclic amide) rings is 1. The van der Waals surface area contributed by atoms with E-state index < -0.39 is 29.3 Å². The second kappa shape index (κ2) is 7.29. The Balaban J connectivity index is 1.56. The number of pyridine rings is 1. The summed E-state index contributed by atoms with van der Waals surface area (Å²) in [7, 11) is 0. The molecule has 7 nitrogen and oxygen atoms in total. The monoisotopic (exact) mass is 398 g/mol. The van der Waals surface area contributed by atoms with Gasteiger partial charge in [-0.15, -0.1) is 0 Å². The van der Waals surface area contributed by atoms with Crippen molar-refractivity contribution in [2.75, 3.05) is 0 Å². The van der Waals surface area contributed by atoms with E-state index in [1.165, 1.54) is 6.92 Å². The van der Waals surface area contributed by atoms with Crippen molar-refractivity contribution in [3.8, 4) is 5.75 Å². The summed E-state index contributed by atoms with van der Waals surface area (Å²) >= 11 is 1.12. The fourth-order valence-corrected chi connectivity index (χ4v) is 4.84. The van der Waals surface area contributed by atoms with Crippen molar-refractivity contribution in [2.24, 2.45) is 5.92 Å². The number of carbonyl (C=O) groups is 2. The van der Waals surface area contributed by atoms with Crippen LogP contribution in [0.15, 0.2) is 65.6 Å². The fourth-order valence-electron chi connectivity index (χ4n) is 3.38. The predicted molar refractivity (Wildman–Crippen MR) is 98.2 cm³/mol. The molecule has 144 valence electrons. The quantitative estimate of drug-likeness (QED) is 0.553. The number of hydrogen-bond donors (Lipinski definition) is 1. The van der Waals surface area contributed by atoms with E-state index in [-0.39, 0.29) is 10.8 Å². The average molecular weight is 398 g/mol. The Bertz CT molecular complexity index is 960. The lowest BCUT2D eigenvalue weighted by molar-refractivity contribution is -0.688. The topological polar surface area (TPSA) is 93.8 Å². The zero-order valence-corrected chi connectivity index (χ0v) is 15.8. The van der Waals surface area contributed by atoms with Crippen molar-refractivity contribution in [2.45, 2.75) is 24.9 Å². The molecule has 28 heavy (non-hydrogen) atoms. The van der Waals surface area contributed by atoms with Gasteiger partial charge in [0.25, 0.3) is 0 Å². The number of hydrogen-bond acceptors (Lipinski definition) is 6. The number of aromatic nitrogens is 1. The molecular weight excluding hydrogens is 380 g/mol. The van der Waals surface area contributed by atoms with Crippen molar-refractivity contribution in [1.29, 1.82) is 0 Å². The maximum atomic E-state index is 12.2. The van der Waals surface area contributed by atoms with E-state index in [0.717, 1.165) is 22.2 Å². The summed E-state index contributed by atoms with van der Waals surface area (Å²) in [5.41, 5.74) is 0.702. The van der Waals surface area contributed by atoms with E-state index in [2.05, 4.69) is 0 Å². The summed E-state index contributed by atoms with van der Waals surface area (Å²) in [6.45, 7) is 2.15. The molecule has 0 aliphatic carbocycles. The number of ether oxygens (including phenoxy) is 1. The number of carboxylic acid groups (broad SMARTS) is 1. The molecule has 8 heteroatoms. The van der Waals surface area contributed by atoms with Gasteiger partial charge in [0.05, 0.1) is 18.0 Å². The minimum absolute atomic E-state index is 0.103. The van der Waals surface area contributed by atoms with Crippen LogP contribution in [0.4, 0.5) is 0 Å². The van der Waals surface area contributed by atoms with Gasteiger partial charge < -0.3 is 19.7 Å². The number of thioether (sulfide) groups is 1. The van der Waals surface area contributed by atoms with Crippen LogP contribution < -0.4 is 14.4 Å². The normalized spacial score (nSPS) is 21.9. The maximum absolute atomic E-state index is 12.2. The SMILES string of the molecule is C[C@@H](O)[C@H]1C(=O)N2C(C(=O)[O-])=C(Oc3cccc(C[n+]4ccccc4)c3)S[C@H]12. The summed E-state index contributed by atoms with van der Waals surface area (Å²) in [5, 5.41) is 21.0. The highest BCUT2D eigenvalue weighted by Crippen LogP contribution is 2.50. The van der Waals surface area contributed by atoms with Gasteiger partial charge in [0.2, 0.25) is 5.91 Å². The standard InChI is InChI=1S/C20H18N2O5S/c1-12(23)15-17(24)22-16(19(25)26)20(28-18(15)22)27-14-7-5-6-13(10-14)11-21-8-3-2-4-9-21/h2-10,12,15,18,23H,11H2,1H3/t12-,15+,18-/m1/s1. The largest absolute Gasteiger partial charge is 0.543 e. The average Bonchev–Trinajstić information content (AvgIpc) is 2.97. The van der Waals surface area contributed by atoms with Crippen LogP contribution >= 0.6 is 11.8 Å². The van der Waals surface area contributed by atoms with Crippen LogP contribution in [-0.4, -0.2) is 33.4 Å². The number of nitrogens with zero attached hydrogens (tertiary/aromatic N) is 2. The molecule has 1 amide bonds. The number of carbonyl (C=O) groups excluding carboxylic acids is 2. The van der Waals surface area contributed by atoms with E-state index in [1.54, 1.807) is 6.07 Å². The Morgan fingerprint density at radius 3 is 2.75 bits per heavy atom. The first-order chi connectivity index (χ1) is 13.5. The number of rotatable bonds is 6. The number of fused-ring (bicyclic) bond motifs is 1. The first kappa shape index (κ1) is 18.5. The molecule has 1 saturated heterocycles. The first-order valence-corrected chi connectivity index (χ1v) is 9.68. The molecule has 0 saturated carbocycles. The number of aliphatic hydroxyl groups is 1. The Labute approximate surface area is 165 Å². The van der Waals surface area contributed by atoms with Gasteiger partial charge in [-0.05, 0) is 19.1 Å². The highest BCUT2D eigenvalue weighted by Gasteiger charge is 2.57. The molecule has 3 atom stereocenters. The van der Waals surface area contributed by atoms with Crippen molar-refractivity contribution in [3.05, 3.63) is 71.2 Å². The molecule has 1 aromatic heterocycles. The predicted octanol–water partition coefficient (Wildman–Crippen LogP) is 0.232. The molecule has 0 bridgehead atoms. The van der Waals surface area contributed by atoms with Crippen LogP contribution in [0, 0.1) is 5.92 Å². The van der Waals surface area contributed by atoms with Gasteiger partial charge in [-0.25, -0.2) is 4.57 Å². The molecule has 1 N–H and O–H groups in total. The summed E-state index contributed by atoms with van der Waals surface area (Å²) in [4.78, 5) is 25.0. The second-order valence-electron chi connectivity index (χ2n) is 6.70. The van der Waals surface area contributed by atoms with Gasteiger partial charge >= 0.3 is 0 Å². The molecule has 3 heterocycles. The number of carboxylic acids is 1. The van der Waals surface area contributed by atoms with E-state index in [1.807, 2.05) is 53.4 Å². The summed E-state index contributed by atoms with van der Waals surface area (Å²) in [5.74, 6) is -2.09. The van der Waals surface area contributed by atoms with E-state index in [0.29, 0.717) is 12.3 Å². The molecule has 2 aromatic rings. The number of amides is 1. The summed E-state index contributed by atoms with van der Waals surface area (Å²) in [6, 6.07) is 13.1. The summed E-state index contributed by atoms with van der Waals surface area (Å²) in [6.07, 6.45) is 3.03. The highest BCUT2D eigenvalue weighted by atomic mass is 32.2. The Hall–Kier alpha value is -2.84. The van der Waals surface area contributed by atoms with Crippen LogP contribution in [0.5, 0.6) is 5.75 Å². The minimum Gasteiger partial charge on any atom is -0.543 e. The van der Waals surface area contributed by atoms with Crippen LogP contribution in [-0.2, 0) is 16.1 Å². The van der Waals surface area contributed by atoms with Crippen molar-refractivity contribution >= 4 is 23.6 Å². The van der Waals surface area contributed by atoms with Gasteiger partial charge in [0.1, 0.15) is 16.8 Å². The van der Waals surface area contributed by atoms with E-state index >= 15 is 0 Å². The number of aliphatic hydroxyl groups excluding tert-OH is 1. The Morgan fingerprint density at radius 1 is 1.32 bits per heavy atom. The van der Waals surface area contributed by atoms with Gasteiger partial charge in [0, 0.05) is 17.7 Å². The zero-order valence-electron chi connectivity index (χ0n) is 15.0. The van der Waals surface area contributed by atoms with Gasteiger partial charge in [0.15, 0.2) is 24.0 Å². The molecule has 1 fully saturated rings. The first-order valence-electron chi connectivity index (χ1n) is 8.80. The van der Waals surface area contributed by atoms with Crippen LogP contribution in [0.1, 0.15) is 12.5 Å². The smallest absolute Gasteiger partial charge is 0.236 e. The van der Waals surface area contributed by atoms with Gasteiger partial charge in [-0.1, -0.05) is 30.0 Å². The zero-order chi connectivity index (χ0) is 19.8. The van der Waals surface area contributed by atoms with Crippen molar-refractivity contribution in [1.82, 2.24) is 4.90 Å². The van der Waals surface area contributed by atoms with Crippen molar-refractivity contribution in [3.63, 3.8) is 0 Å². The molecule has 4 rings (SSSR count). The minimum atomic E-state index is -1.47. The molecule has 1 aromatic carbocycles. The second-order valence-corrected chi connectivity index (χ2v) is 7.79. The van der Waals surface area contributed by atoms with Crippen LogP contribution in [0.2, 0.25) is 0 Å². The van der Waals surface area contributed by atoms with Crippen molar-refractivity contribution < 1.29 is 29.1 Å². The Kier molecular flexibility index (Phi) is 4.82. The van der Waals surface area contributed by atoms with Crippen LogP contribution in [0.25, 0.3) is 0 Å². The third-order valence-corrected chi connectivity index (χ3v) is 5.95. The highest BCUT2D eigenvalue weighted by molar-refractivity contribution is 8.03. The lowest BCUT2D eigenvalue weighted by Crippen LogP contribution is -2.61. The third kappa shape index (κ3) is 3.25.